The molecule has 0 saturated carbocycles. The number of aliphatic hydroxyl groups is 1. The maximum Gasteiger partial charge on any atom is 0.124 e. The molecule has 150 valence electrons. The number of nitrogens with two attached hydrogens (primary N) is 1. The molecule has 0 saturated heterocycles. The van der Waals surface area contributed by atoms with Crippen molar-refractivity contribution in [2.45, 2.75) is 58.6 Å². The molecule has 0 bridgehead atoms. The van der Waals surface area contributed by atoms with Crippen molar-refractivity contribution in [2.75, 3.05) is 12.4 Å². The number of hydrogen-bond donors (Lipinski definition) is 2. The average molecular weight is 392 g/mol. The van der Waals surface area contributed by atoms with Gasteiger partial charge in [0.25, 0.3) is 0 Å². The van der Waals surface area contributed by atoms with E-state index in [0.717, 1.165) is 24.7 Å². The number of aliphatic hydroxyl groups excluding tert-OH is 1. The minimum Gasteiger partial charge on any atom is -0.511 e. The molecular formula is C20H32F3NOS. The molecule has 1 aliphatic rings. The highest BCUT2D eigenvalue weighted by molar-refractivity contribution is 7.99. The molecule has 26 heavy (non-hydrogen) atoms. The zero-order valence-electron chi connectivity index (χ0n) is 16.2. The number of hydrogen-bond acceptors (Lipinski definition) is 3. The molecule has 3 N–H and O–H groups in total. The molecule has 0 aliphatic heterocycles. The lowest BCUT2D eigenvalue weighted by Crippen LogP contribution is -2.07. The summed E-state index contributed by atoms with van der Waals surface area (Å²) in [5, 5.41) is 9.30. The summed E-state index contributed by atoms with van der Waals surface area (Å²) in [5.41, 5.74) is 6.36. The van der Waals surface area contributed by atoms with Crippen LogP contribution >= 0.6 is 11.8 Å². The smallest absolute Gasteiger partial charge is 0.124 e. The second kappa shape index (κ2) is 13.8. The number of alkyl halides is 1. The fourth-order valence-electron chi connectivity index (χ4n) is 1.99. The van der Waals surface area contributed by atoms with E-state index in [1.807, 2.05) is 0 Å². The maximum absolute atomic E-state index is 13.7. The fourth-order valence-corrected chi connectivity index (χ4v) is 3.11. The summed E-state index contributed by atoms with van der Waals surface area (Å²) < 4.78 is 38.4. The standard InChI is InChI=1S/C13H20F2S.C7H12FNO/c1-4-10(3)16-8-11-6-5-9(2)12(14)7-13(11)15;1-6(10)7(9)4-2-3-5-8/h7,10-11H,4-6,8H2,1-3H3;2-3,10H,4-5,9H2,1H3/b;3-2-,7-6-. The van der Waals surface area contributed by atoms with Gasteiger partial charge in [-0.15, -0.1) is 0 Å². The molecule has 1 rings (SSSR count). The van der Waals surface area contributed by atoms with E-state index in [1.165, 1.54) is 13.0 Å². The zero-order chi connectivity index (χ0) is 20.1. The first-order valence-electron chi connectivity index (χ1n) is 8.91. The first-order valence-corrected chi connectivity index (χ1v) is 9.96. The van der Waals surface area contributed by atoms with Crippen LogP contribution in [-0.4, -0.2) is 22.8 Å². The Morgan fingerprint density at radius 3 is 2.62 bits per heavy atom. The highest BCUT2D eigenvalue weighted by Crippen LogP contribution is 2.32. The summed E-state index contributed by atoms with van der Waals surface area (Å²) in [4.78, 5) is 0. The number of thioether (sulfide) groups is 1. The van der Waals surface area contributed by atoms with Gasteiger partial charge < -0.3 is 10.8 Å². The Balaban J connectivity index is 0.000000541. The van der Waals surface area contributed by atoms with E-state index < -0.39 is 6.67 Å². The average Bonchev–Trinajstić information content (AvgIpc) is 2.72. The summed E-state index contributed by atoms with van der Waals surface area (Å²) in [6.45, 7) is 7.02. The highest BCUT2D eigenvalue weighted by Gasteiger charge is 2.20. The van der Waals surface area contributed by atoms with Crippen LogP contribution in [0.4, 0.5) is 13.2 Å². The van der Waals surface area contributed by atoms with E-state index in [1.54, 1.807) is 24.8 Å². The quantitative estimate of drug-likeness (QED) is 0.376. The van der Waals surface area contributed by atoms with E-state index >= 15 is 0 Å². The van der Waals surface area contributed by atoms with Crippen molar-refractivity contribution in [3.8, 4) is 0 Å². The topological polar surface area (TPSA) is 46.2 Å². The number of rotatable bonds is 7. The van der Waals surface area contributed by atoms with Gasteiger partial charge in [-0.25, -0.2) is 13.2 Å². The Kier molecular flexibility index (Phi) is 13.2. The Morgan fingerprint density at radius 2 is 2.08 bits per heavy atom. The molecule has 2 unspecified atom stereocenters. The van der Waals surface area contributed by atoms with E-state index in [2.05, 4.69) is 13.8 Å². The van der Waals surface area contributed by atoms with Crippen molar-refractivity contribution in [1.82, 2.24) is 0 Å². The van der Waals surface area contributed by atoms with E-state index in [0.29, 0.717) is 29.4 Å². The van der Waals surface area contributed by atoms with Crippen LogP contribution in [0, 0.1) is 5.92 Å². The predicted octanol–water partition coefficient (Wildman–Crippen LogP) is 6.68. The van der Waals surface area contributed by atoms with Gasteiger partial charge in [-0.3, -0.25) is 0 Å². The van der Waals surface area contributed by atoms with Gasteiger partial charge in [0.2, 0.25) is 0 Å². The van der Waals surface area contributed by atoms with E-state index in [4.69, 9.17) is 10.8 Å². The van der Waals surface area contributed by atoms with Gasteiger partial charge in [0.1, 0.15) is 24.1 Å². The molecule has 6 heteroatoms. The summed E-state index contributed by atoms with van der Waals surface area (Å²) in [7, 11) is 0. The highest BCUT2D eigenvalue weighted by atomic mass is 32.2. The van der Waals surface area contributed by atoms with Gasteiger partial charge in [0.15, 0.2) is 0 Å². The number of halogens is 3. The summed E-state index contributed by atoms with van der Waals surface area (Å²) >= 11 is 1.78. The summed E-state index contributed by atoms with van der Waals surface area (Å²) in [6, 6.07) is 0. The van der Waals surface area contributed by atoms with Crippen LogP contribution in [0.3, 0.4) is 0 Å². The number of allylic oxidation sites excluding steroid dienone is 7. The molecule has 0 heterocycles. The van der Waals surface area contributed by atoms with Gasteiger partial charge in [-0.05, 0) is 38.7 Å². The Morgan fingerprint density at radius 1 is 1.42 bits per heavy atom. The monoisotopic (exact) mass is 391 g/mol. The third-order valence-corrected chi connectivity index (χ3v) is 5.64. The first-order chi connectivity index (χ1) is 12.2. The zero-order valence-corrected chi connectivity index (χ0v) is 17.0. The van der Waals surface area contributed by atoms with Gasteiger partial charge in [-0.2, -0.15) is 11.8 Å². The van der Waals surface area contributed by atoms with Crippen molar-refractivity contribution in [2.24, 2.45) is 11.7 Å². The third-order valence-electron chi connectivity index (χ3n) is 4.15. The molecule has 0 aromatic rings. The molecule has 2 atom stereocenters. The van der Waals surface area contributed by atoms with Crippen LogP contribution in [0.15, 0.2) is 46.9 Å². The van der Waals surface area contributed by atoms with Crippen LogP contribution < -0.4 is 5.73 Å². The fraction of sp³-hybridized carbons (Fsp3) is 0.600. The Bertz CT molecular complexity index is 537. The van der Waals surface area contributed by atoms with Crippen LogP contribution in [0.5, 0.6) is 0 Å². The second-order valence-corrected chi connectivity index (χ2v) is 7.86. The molecule has 0 aromatic carbocycles. The maximum atomic E-state index is 13.7. The van der Waals surface area contributed by atoms with Crippen LogP contribution in [0.25, 0.3) is 0 Å². The lowest BCUT2D eigenvalue weighted by Gasteiger charge is -2.15. The van der Waals surface area contributed by atoms with E-state index in [-0.39, 0.29) is 23.3 Å². The predicted molar refractivity (Wildman–Crippen MR) is 107 cm³/mol. The van der Waals surface area contributed by atoms with Gasteiger partial charge in [-0.1, -0.05) is 26.0 Å². The normalized spacial score (nSPS) is 20.1. The molecule has 1 aliphatic carbocycles. The molecule has 0 amide bonds. The SMILES string of the molecule is C/C(O)=C(/N)C/C=C\CF.CCC(C)SCC1CCC(C)=C(F)C=C1F. The molecule has 0 fully saturated rings. The minimum absolute atomic E-state index is 0.100. The summed E-state index contributed by atoms with van der Waals surface area (Å²) in [5.74, 6) is 0.0853. The van der Waals surface area contributed by atoms with Crippen LogP contribution in [0.1, 0.15) is 53.4 Å². The largest absolute Gasteiger partial charge is 0.511 e. The molecule has 0 aromatic heterocycles. The summed E-state index contributed by atoms with van der Waals surface area (Å²) in [6.07, 6.45) is 6.90. The van der Waals surface area contributed by atoms with Gasteiger partial charge in [0, 0.05) is 35.1 Å². The van der Waals surface area contributed by atoms with Crippen molar-refractivity contribution in [3.05, 3.63) is 46.9 Å². The lowest BCUT2D eigenvalue weighted by molar-refractivity contribution is 0.404. The van der Waals surface area contributed by atoms with Crippen molar-refractivity contribution in [1.29, 1.82) is 0 Å². The van der Waals surface area contributed by atoms with Crippen LogP contribution in [-0.2, 0) is 0 Å². The van der Waals surface area contributed by atoms with Crippen molar-refractivity contribution in [3.63, 3.8) is 0 Å². The Hall–Kier alpha value is -1.30. The molecule has 2 nitrogen and oxygen atoms in total. The second-order valence-electron chi connectivity index (χ2n) is 6.39. The van der Waals surface area contributed by atoms with Crippen molar-refractivity contribution >= 4 is 11.8 Å². The first kappa shape index (κ1) is 24.7. The molecular weight excluding hydrogens is 359 g/mol. The molecule has 0 radical (unpaired) electrons. The lowest BCUT2D eigenvalue weighted by atomic mass is 10.0. The van der Waals surface area contributed by atoms with Gasteiger partial charge in [0.05, 0.1) is 0 Å². The van der Waals surface area contributed by atoms with Crippen LogP contribution in [0.2, 0.25) is 0 Å². The third kappa shape index (κ3) is 10.6. The van der Waals surface area contributed by atoms with Crippen molar-refractivity contribution < 1.29 is 18.3 Å². The minimum atomic E-state index is -0.488. The Labute approximate surface area is 160 Å². The molecule has 0 spiro atoms. The van der Waals surface area contributed by atoms with E-state index in [9.17, 15) is 13.2 Å². The van der Waals surface area contributed by atoms with Gasteiger partial charge >= 0.3 is 0 Å².